The van der Waals surface area contributed by atoms with Gasteiger partial charge in [0.2, 0.25) is 0 Å². The number of unbranched alkanes of at least 4 members (excludes halogenated alkanes) is 2. The Morgan fingerprint density at radius 3 is 2.77 bits per heavy atom. The second-order valence-electron chi connectivity index (χ2n) is 8.31. The fraction of sp³-hybridized carbons (Fsp3) is 0.407. The van der Waals surface area contributed by atoms with Crippen molar-refractivity contribution in [2.24, 2.45) is 5.41 Å². The summed E-state index contributed by atoms with van der Waals surface area (Å²) < 4.78 is 5.97. The highest BCUT2D eigenvalue weighted by molar-refractivity contribution is 7.98. The average Bonchev–Trinajstić information content (AvgIpc) is 3.24. The minimum Gasteiger partial charge on any atom is -0.494 e. The predicted molar refractivity (Wildman–Crippen MR) is 137 cm³/mol. The van der Waals surface area contributed by atoms with E-state index in [-0.39, 0.29) is 5.41 Å². The third kappa shape index (κ3) is 10.2. The fourth-order valence-electron chi connectivity index (χ4n) is 2.85. The number of thiophene rings is 1. The van der Waals surface area contributed by atoms with Gasteiger partial charge in [-0.25, -0.2) is 0 Å². The molecule has 0 aliphatic heterocycles. The van der Waals surface area contributed by atoms with Crippen LogP contribution in [0.1, 0.15) is 46.5 Å². The SMILES string of the molecule is CSC/C(=C/CCCCOc1cccc(-c2ccsc2)c1)C/C=C/C#CC(C)(C)C. The third-order valence-corrected chi connectivity index (χ3v) is 5.69. The van der Waals surface area contributed by atoms with Gasteiger partial charge in [-0.2, -0.15) is 23.1 Å². The number of ether oxygens (including phenoxy) is 1. The first-order chi connectivity index (χ1) is 14.5. The zero-order valence-corrected chi connectivity index (χ0v) is 20.4. The van der Waals surface area contributed by atoms with Crippen LogP contribution in [0.3, 0.4) is 0 Å². The molecular formula is C27H34OS2. The van der Waals surface area contributed by atoms with Gasteiger partial charge >= 0.3 is 0 Å². The number of hydrogen-bond acceptors (Lipinski definition) is 3. The third-order valence-electron chi connectivity index (χ3n) is 4.35. The zero-order chi connectivity index (χ0) is 21.7. The van der Waals surface area contributed by atoms with Crippen molar-refractivity contribution < 1.29 is 4.74 Å². The van der Waals surface area contributed by atoms with Crippen LogP contribution in [0.25, 0.3) is 11.1 Å². The first kappa shape index (κ1) is 24.4. The van der Waals surface area contributed by atoms with Crippen LogP contribution >= 0.6 is 23.1 Å². The van der Waals surface area contributed by atoms with Gasteiger partial charge in [0, 0.05) is 11.2 Å². The molecule has 2 rings (SSSR count). The minimum atomic E-state index is 0.0650. The lowest BCUT2D eigenvalue weighted by Crippen LogP contribution is -1.98. The Hall–Kier alpha value is -1.89. The van der Waals surface area contributed by atoms with E-state index in [2.05, 4.69) is 86.0 Å². The van der Waals surface area contributed by atoms with Gasteiger partial charge in [-0.05, 0) is 98.9 Å². The molecule has 3 heteroatoms. The van der Waals surface area contributed by atoms with Crippen molar-refractivity contribution >= 4 is 23.1 Å². The molecule has 1 aromatic carbocycles. The van der Waals surface area contributed by atoms with Crippen molar-refractivity contribution in [1.82, 2.24) is 0 Å². The first-order valence-electron chi connectivity index (χ1n) is 10.6. The van der Waals surface area contributed by atoms with E-state index < -0.39 is 0 Å². The maximum atomic E-state index is 5.97. The second-order valence-corrected chi connectivity index (χ2v) is 9.95. The molecule has 1 heterocycles. The molecule has 1 aromatic heterocycles. The van der Waals surface area contributed by atoms with E-state index in [1.54, 1.807) is 11.3 Å². The van der Waals surface area contributed by atoms with Crippen LogP contribution in [-0.2, 0) is 0 Å². The Bertz CT molecular complexity index is 858. The molecule has 30 heavy (non-hydrogen) atoms. The molecular weight excluding hydrogens is 404 g/mol. The van der Waals surface area contributed by atoms with Crippen LogP contribution < -0.4 is 4.74 Å². The Morgan fingerprint density at radius 1 is 1.17 bits per heavy atom. The summed E-state index contributed by atoms with van der Waals surface area (Å²) in [6, 6.07) is 10.5. The number of rotatable bonds is 11. The van der Waals surface area contributed by atoms with Crippen LogP contribution in [0, 0.1) is 17.3 Å². The molecule has 0 aliphatic rings. The zero-order valence-electron chi connectivity index (χ0n) is 18.7. The molecule has 1 nitrogen and oxygen atoms in total. The monoisotopic (exact) mass is 438 g/mol. The predicted octanol–water partition coefficient (Wildman–Crippen LogP) is 8.25. The van der Waals surface area contributed by atoms with Crippen molar-refractivity contribution in [2.75, 3.05) is 18.6 Å². The molecule has 0 bridgehead atoms. The van der Waals surface area contributed by atoms with Gasteiger partial charge in [0.1, 0.15) is 5.75 Å². The van der Waals surface area contributed by atoms with Crippen molar-refractivity contribution in [3.8, 4) is 28.7 Å². The minimum absolute atomic E-state index is 0.0650. The van der Waals surface area contributed by atoms with E-state index >= 15 is 0 Å². The lowest BCUT2D eigenvalue weighted by molar-refractivity contribution is 0.307. The van der Waals surface area contributed by atoms with Crippen LogP contribution in [0.4, 0.5) is 0 Å². The molecule has 0 fully saturated rings. The summed E-state index contributed by atoms with van der Waals surface area (Å²) in [6.45, 7) is 7.17. The smallest absolute Gasteiger partial charge is 0.119 e. The molecule has 0 amide bonds. The maximum absolute atomic E-state index is 5.97. The summed E-state index contributed by atoms with van der Waals surface area (Å²) in [5.74, 6) is 8.44. The maximum Gasteiger partial charge on any atom is 0.119 e. The van der Waals surface area contributed by atoms with E-state index in [1.165, 1.54) is 16.7 Å². The van der Waals surface area contributed by atoms with E-state index in [0.717, 1.165) is 43.8 Å². The molecule has 0 atom stereocenters. The van der Waals surface area contributed by atoms with Gasteiger partial charge in [-0.3, -0.25) is 0 Å². The highest BCUT2D eigenvalue weighted by Crippen LogP contribution is 2.25. The molecule has 0 N–H and O–H groups in total. The second kappa shape index (κ2) is 13.4. The molecule has 0 radical (unpaired) electrons. The average molecular weight is 439 g/mol. The van der Waals surface area contributed by atoms with Crippen molar-refractivity contribution in [3.05, 3.63) is 64.9 Å². The number of thioether (sulfide) groups is 1. The topological polar surface area (TPSA) is 9.23 Å². The number of hydrogen-bond donors (Lipinski definition) is 0. The van der Waals surface area contributed by atoms with E-state index in [9.17, 15) is 0 Å². The summed E-state index contributed by atoms with van der Waals surface area (Å²) in [5.41, 5.74) is 4.03. The van der Waals surface area contributed by atoms with Gasteiger partial charge in [-0.15, -0.1) is 0 Å². The molecule has 160 valence electrons. The van der Waals surface area contributed by atoms with Crippen molar-refractivity contribution in [1.29, 1.82) is 0 Å². The Balaban J connectivity index is 1.71. The van der Waals surface area contributed by atoms with Gasteiger partial charge in [0.05, 0.1) is 6.61 Å². The fourth-order valence-corrected chi connectivity index (χ4v) is 4.12. The van der Waals surface area contributed by atoms with E-state index in [1.807, 2.05) is 23.9 Å². The Morgan fingerprint density at radius 2 is 2.03 bits per heavy atom. The number of allylic oxidation sites excluding steroid dienone is 3. The molecule has 0 spiro atoms. The first-order valence-corrected chi connectivity index (χ1v) is 12.9. The molecule has 0 unspecified atom stereocenters. The lowest BCUT2D eigenvalue weighted by Gasteiger charge is -2.08. The largest absolute Gasteiger partial charge is 0.494 e. The highest BCUT2D eigenvalue weighted by atomic mass is 32.2. The summed E-state index contributed by atoms with van der Waals surface area (Å²) in [5, 5.41) is 4.28. The Kier molecular flexibility index (Phi) is 10.9. The summed E-state index contributed by atoms with van der Waals surface area (Å²) in [4.78, 5) is 0. The lowest BCUT2D eigenvalue weighted by atomic mass is 9.98. The van der Waals surface area contributed by atoms with Crippen LogP contribution in [-0.4, -0.2) is 18.6 Å². The quantitative estimate of drug-likeness (QED) is 0.198. The van der Waals surface area contributed by atoms with Crippen LogP contribution in [0.5, 0.6) is 5.75 Å². The van der Waals surface area contributed by atoms with E-state index in [0.29, 0.717) is 0 Å². The van der Waals surface area contributed by atoms with Crippen molar-refractivity contribution in [3.63, 3.8) is 0 Å². The van der Waals surface area contributed by atoms with Gasteiger partial charge in [0.15, 0.2) is 0 Å². The van der Waals surface area contributed by atoms with E-state index in [4.69, 9.17) is 4.74 Å². The summed E-state index contributed by atoms with van der Waals surface area (Å²) in [6.07, 6.45) is 13.1. The van der Waals surface area contributed by atoms with Crippen molar-refractivity contribution in [2.45, 2.75) is 46.5 Å². The summed E-state index contributed by atoms with van der Waals surface area (Å²) >= 11 is 3.60. The molecule has 0 saturated heterocycles. The van der Waals surface area contributed by atoms with Crippen LogP contribution in [0.15, 0.2) is 64.9 Å². The summed E-state index contributed by atoms with van der Waals surface area (Å²) in [7, 11) is 0. The van der Waals surface area contributed by atoms with Gasteiger partial charge in [0.25, 0.3) is 0 Å². The standard InChI is InChI=1S/C27H34OS2/c1-27(2,3)17-9-5-7-12-23(21-29-4)13-8-6-10-18-28-26-15-11-14-24(20-26)25-16-19-30-22-25/h5,7,11,13-16,19-20,22H,6,8,10,12,18,21H2,1-4H3/b7-5+,23-13+. The highest BCUT2D eigenvalue weighted by Gasteiger charge is 2.02. The van der Waals surface area contributed by atoms with Gasteiger partial charge in [-0.1, -0.05) is 41.7 Å². The molecule has 0 aliphatic carbocycles. The molecule has 0 saturated carbocycles. The Labute approximate surface area is 191 Å². The number of benzene rings is 1. The molecule has 2 aromatic rings. The van der Waals surface area contributed by atoms with Gasteiger partial charge < -0.3 is 4.74 Å². The van der Waals surface area contributed by atoms with Crippen LogP contribution in [0.2, 0.25) is 0 Å². The normalized spacial score (nSPS) is 12.1.